The average molecular weight is 481 g/mol. The maximum Gasteiger partial charge on any atom is 0.255 e. The van der Waals surface area contributed by atoms with E-state index in [-0.39, 0.29) is 24.5 Å². The minimum atomic E-state index is -0.321. The van der Waals surface area contributed by atoms with Crippen LogP contribution < -0.4 is 15.4 Å². The molecule has 2 amide bonds. The molecule has 1 unspecified atom stereocenters. The number of amides is 2. The highest BCUT2D eigenvalue weighted by molar-refractivity contribution is 8.13. The van der Waals surface area contributed by atoms with E-state index in [0.29, 0.717) is 22.6 Å². The second-order valence-electron chi connectivity index (χ2n) is 7.98. The van der Waals surface area contributed by atoms with E-state index >= 15 is 0 Å². The lowest BCUT2D eigenvalue weighted by Crippen LogP contribution is -2.43. The molecule has 4 rings (SSSR count). The summed E-state index contributed by atoms with van der Waals surface area (Å²) in [6, 6.07) is 14.5. The van der Waals surface area contributed by atoms with Gasteiger partial charge in [-0.25, -0.2) is 4.99 Å². The molecule has 9 heteroatoms. The smallest absolute Gasteiger partial charge is 0.255 e. The molecule has 0 bridgehead atoms. The number of fused-ring (bicyclic) bond motifs is 1. The molecule has 2 N–H and O–H groups in total. The van der Waals surface area contributed by atoms with E-state index in [1.54, 1.807) is 31.0 Å². The summed E-state index contributed by atoms with van der Waals surface area (Å²) in [5.74, 6) is 1.27. The first-order valence-electron chi connectivity index (χ1n) is 11.0. The van der Waals surface area contributed by atoms with Crippen molar-refractivity contribution in [3.8, 4) is 5.75 Å². The summed E-state index contributed by atoms with van der Waals surface area (Å²) in [6.45, 7) is 2.64. The van der Waals surface area contributed by atoms with E-state index in [4.69, 9.17) is 14.5 Å². The first kappa shape index (κ1) is 23.8. The standard InChI is InChI=1S/C25H28N4O4S/c1-16-22(24(31)28-18-8-10-20(33-3)11-9-18)23(29-12-5-13-34-25(29)26-16)17-6-4-7-19(14-17)27-21(30)15-32-2/h4,6-11,14,23H,5,12-13,15H2,1-3H3,(H,27,30)(H,28,31). The maximum absolute atomic E-state index is 13.5. The third kappa shape index (κ3) is 5.26. The van der Waals surface area contributed by atoms with Crippen LogP contribution in [-0.2, 0) is 14.3 Å². The number of aliphatic imine (C=N–C) groups is 1. The molecule has 1 atom stereocenters. The van der Waals surface area contributed by atoms with Crippen LogP contribution in [0.15, 0.2) is 64.8 Å². The van der Waals surface area contributed by atoms with Gasteiger partial charge in [0.25, 0.3) is 5.91 Å². The van der Waals surface area contributed by atoms with Crippen LogP contribution >= 0.6 is 11.8 Å². The van der Waals surface area contributed by atoms with Crippen molar-refractivity contribution in [1.29, 1.82) is 0 Å². The highest BCUT2D eigenvalue weighted by atomic mass is 32.2. The van der Waals surface area contributed by atoms with Crippen LogP contribution in [0.4, 0.5) is 11.4 Å². The van der Waals surface area contributed by atoms with Crippen molar-refractivity contribution >= 4 is 40.1 Å². The molecule has 0 aromatic heterocycles. The van der Waals surface area contributed by atoms with Gasteiger partial charge >= 0.3 is 0 Å². The molecular formula is C25H28N4O4S. The maximum atomic E-state index is 13.5. The number of rotatable bonds is 7. The fraction of sp³-hybridized carbons (Fsp3) is 0.320. The van der Waals surface area contributed by atoms with Gasteiger partial charge in [-0.2, -0.15) is 0 Å². The number of nitrogens with zero attached hydrogens (tertiary/aromatic N) is 2. The highest BCUT2D eigenvalue weighted by Crippen LogP contribution is 2.40. The molecule has 0 aliphatic carbocycles. The largest absolute Gasteiger partial charge is 0.497 e. The van der Waals surface area contributed by atoms with Gasteiger partial charge in [-0.15, -0.1) is 0 Å². The van der Waals surface area contributed by atoms with Crippen LogP contribution in [0.2, 0.25) is 0 Å². The lowest BCUT2D eigenvalue weighted by atomic mass is 9.93. The van der Waals surface area contributed by atoms with Gasteiger partial charge in [0, 0.05) is 30.8 Å². The average Bonchev–Trinajstić information content (AvgIpc) is 2.84. The van der Waals surface area contributed by atoms with Gasteiger partial charge in [-0.3, -0.25) is 9.59 Å². The summed E-state index contributed by atoms with van der Waals surface area (Å²) >= 11 is 1.70. The number of nitrogens with one attached hydrogen (secondary N) is 2. The normalized spacial score (nSPS) is 17.6. The number of benzene rings is 2. The second kappa shape index (κ2) is 10.8. The van der Waals surface area contributed by atoms with Gasteiger partial charge in [0.2, 0.25) is 5.91 Å². The van der Waals surface area contributed by atoms with Crippen molar-refractivity contribution in [2.75, 3.05) is 43.8 Å². The molecule has 0 radical (unpaired) electrons. The monoisotopic (exact) mass is 480 g/mol. The number of hydrogen-bond donors (Lipinski definition) is 2. The van der Waals surface area contributed by atoms with Crippen LogP contribution in [0.1, 0.15) is 24.9 Å². The third-order valence-electron chi connectivity index (χ3n) is 5.61. The molecule has 2 aromatic carbocycles. The fourth-order valence-electron chi connectivity index (χ4n) is 4.09. The van der Waals surface area contributed by atoms with Crippen molar-refractivity contribution < 1.29 is 19.1 Å². The van der Waals surface area contributed by atoms with Gasteiger partial charge in [0.1, 0.15) is 12.4 Å². The van der Waals surface area contributed by atoms with Crippen LogP contribution in [0.5, 0.6) is 5.75 Å². The molecule has 8 nitrogen and oxygen atoms in total. The number of allylic oxidation sites excluding steroid dienone is 1. The van der Waals surface area contributed by atoms with Crippen molar-refractivity contribution in [3.63, 3.8) is 0 Å². The SMILES string of the molecule is COCC(=O)Nc1cccc(C2C(C(=O)Nc3ccc(OC)cc3)=C(C)N=C3SCCCN32)c1. The van der Waals surface area contributed by atoms with E-state index in [0.717, 1.165) is 35.2 Å². The third-order valence-corrected chi connectivity index (χ3v) is 6.69. The molecule has 2 aliphatic rings. The Labute approximate surface area is 203 Å². The Morgan fingerprint density at radius 3 is 2.65 bits per heavy atom. The molecule has 2 aromatic rings. The minimum Gasteiger partial charge on any atom is -0.497 e. The Morgan fingerprint density at radius 2 is 1.91 bits per heavy atom. The van der Waals surface area contributed by atoms with Gasteiger partial charge in [-0.05, 0) is 55.3 Å². The molecule has 2 aliphatic heterocycles. The fourth-order valence-corrected chi connectivity index (χ4v) is 5.11. The lowest BCUT2D eigenvalue weighted by Gasteiger charge is -2.41. The van der Waals surface area contributed by atoms with Gasteiger partial charge in [0.15, 0.2) is 5.17 Å². The number of carbonyl (C=O) groups is 2. The number of thioether (sulfide) groups is 1. The van der Waals surface area contributed by atoms with Crippen molar-refractivity contribution in [2.24, 2.45) is 4.99 Å². The van der Waals surface area contributed by atoms with Gasteiger partial charge in [-0.1, -0.05) is 23.9 Å². The van der Waals surface area contributed by atoms with E-state index in [9.17, 15) is 9.59 Å². The van der Waals surface area contributed by atoms with Crippen molar-refractivity contribution in [1.82, 2.24) is 4.90 Å². The number of amidine groups is 1. The molecule has 178 valence electrons. The van der Waals surface area contributed by atoms with Gasteiger partial charge in [0.05, 0.1) is 24.4 Å². The molecule has 1 saturated heterocycles. The molecule has 2 heterocycles. The zero-order chi connectivity index (χ0) is 24.1. The summed E-state index contributed by atoms with van der Waals surface area (Å²) in [5.41, 5.74) is 3.51. The summed E-state index contributed by atoms with van der Waals surface area (Å²) in [5, 5.41) is 6.78. The first-order valence-corrected chi connectivity index (χ1v) is 12.0. The van der Waals surface area contributed by atoms with Crippen LogP contribution in [-0.4, -0.2) is 55.0 Å². The van der Waals surface area contributed by atoms with Gasteiger partial charge < -0.3 is 25.0 Å². The summed E-state index contributed by atoms with van der Waals surface area (Å²) in [4.78, 5) is 32.5. The zero-order valence-electron chi connectivity index (χ0n) is 19.5. The summed E-state index contributed by atoms with van der Waals surface area (Å²) in [6.07, 6.45) is 0.997. The van der Waals surface area contributed by atoms with E-state index in [1.807, 2.05) is 43.3 Å². The first-order chi connectivity index (χ1) is 16.5. The summed E-state index contributed by atoms with van der Waals surface area (Å²) < 4.78 is 10.1. The van der Waals surface area contributed by atoms with E-state index < -0.39 is 0 Å². The molecule has 0 spiro atoms. The Kier molecular flexibility index (Phi) is 7.54. The van der Waals surface area contributed by atoms with E-state index in [1.165, 1.54) is 7.11 Å². The number of carbonyl (C=O) groups excluding carboxylic acids is 2. The Hall–Kier alpha value is -3.30. The quantitative estimate of drug-likeness (QED) is 0.621. The Bertz CT molecular complexity index is 1130. The van der Waals surface area contributed by atoms with Crippen molar-refractivity contribution in [3.05, 3.63) is 65.4 Å². The molecule has 1 fully saturated rings. The summed E-state index contributed by atoms with van der Waals surface area (Å²) in [7, 11) is 3.08. The van der Waals surface area contributed by atoms with Crippen molar-refractivity contribution in [2.45, 2.75) is 19.4 Å². The highest BCUT2D eigenvalue weighted by Gasteiger charge is 2.37. The number of ether oxygens (including phenoxy) is 2. The predicted octanol–water partition coefficient (Wildman–Crippen LogP) is 4.04. The molecular weight excluding hydrogens is 452 g/mol. The van der Waals surface area contributed by atoms with Crippen LogP contribution in [0.25, 0.3) is 0 Å². The molecule has 0 saturated carbocycles. The second-order valence-corrected chi connectivity index (χ2v) is 9.04. The number of hydrogen-bond acceptors (Lipinski definition) is 7. The zero-order valence-corrected chi connectivity index (χ0v) is 20.3. The van der Waals surface area contributed by atoms with E-state index in [2.05, 4.69) is 15.5 Å². The topological polar surface area (TPSA) is 92.3 Å². The number of anilines is 2. The lowest BCUT2D eigenvalue weighted by molar-refractivity contribution is -0.119. The number of methoxy groups -OCH3 is 2. The predicted molar refractivity (Wildman–Crippen MR) is 135 cm³/mol. The minimum absolute atomic E-state index is 0.0260. The van der Waals surface area contributed by atoms with Crippen LogP contribution in [0.3, 0.4) is 0 Å². The Morgan fingerprint density at radius 1 is 1.12 bits per heavy atom. The Balaban J connectivity index is 1.68. The molecule has 34 heavy (non-hydrogen) atoms. The van der Waals surface area contributed by atoms with Crippen LogP contribution in [0, 0.1) is 0 Å².